The maximum absolute atomic E-state index is 11.1. The summed E-state index contributed by atoms with van der Waals surface area (Å²) in [7, 11) is 1.40. The molecular weight excluding hydrogens is 182 g/mol. The van der Waals surface area contributed by atoms with Crippen molar-refractivity contribution >= 4 is 5.97 Å². The zero-order chi connectivity index (χ0) is 11.1. The maximum Gasteiger partial charge on any atom is 0.308 e. The van der Waals surface area contributed by atoms with E-state index in [4.69, 9.17) is 5.11 Å². The van der Waals surface area contributed by atoms with E-state index in [1.807, 2.05) is 20.8 Å². The van der Waals surface area contributed by atoms with Crippen LogP contribution in [-0.2, 0) is 9.53 Å². The Kier molecular flexibility index (Phi) is 6.49. The molecule has 2 N–H and O–H groups in total. The van der Waals surface area contributed by atoms with Crippen molar-refractivity contribution in [3.8, 4) is 0 Å². The molecule has 0 saturated heterocycles. The van der Waals surface area contributed by atoms with Gasteiger partial charge in [0.2, 0.25) is 0 Å². The van der Waals surface area contributed by atoms with Crippen molar-refractivity contribution in [2.24, 2.45) is 5.92 Å². The van der Waals surface area contributed by atoms with Gasteiger partial charge < -0.3 is 15.2 Å². The molecule has 0 aliphatic carbocycles. The Morgan fingerprint density at radius 3 is 2.36 bits per heavy atom. The summed E-state index contributed by atoms with van der Waals surface area (Å²) in [6, 6.07) is 0.265. The second kappa shape index (κ2) is 6.79. The molecule has 0 heterocycles. The summed E-state index contributed by atoms with van der Waals surface area (Å²) in [5.41, 5.74) is 0. The van der Waals surface area contributed by atoms with E-state index in [2.05, 4.69) is 10.1 Å². The van der Waals surface area contributed by atoms with E-state index < -0.39 is 0 Å². The number of ether oxygens (including phenoxy) is 1. The Hall–Kier alpha value is -0.610. The summed E-state index contributed by atoms with van der Waals surface area (Å²) < 4.78 is 4.63. The number of nitrogens with one attached hydrogen (secondary N) is 1. The predicted octanol–water partition coefficient (Wildman–Crippen LogP) is 0.544. The highest BCUT2D eigenvalue weighted by Gasteiger charge is 2.17. The highest BCUT2D eigenvalue weighted by atomic mass is 16.5. The molecule has 0 bridgehead atoms. The van der Waals surface area contributed by atoms with Crippen LogP contribution >= 0.6 is 0 Å². The van der Waals surface area contributed by atoms with Gasteiger partial charge in [0.25, 0.3) is 0 Å². The molecule has 0 rings (SSSR count). The van der Waals surface area contributed by atoms with Crippen molar-refractivity contribution in [3.05, 3.63) is 0 Å². The Morgan fingerprint density at radius 2 is 1.93 bits per heavy atom. The fourth-order valence-electron chi connectivity index (χ4n) is 1.43. The van der Waals surface area contributed by atoms with Crippen LogP contribution in [0.4, 0.5) is 0 Å². The topological polar surface area (TPSA) is 58.6 Å². The summed E-state index contributed by atoms with van der Waals surface area (Å²) in [6.07, 6.45) is 0.719. The van der Waals surface area contributed by atoms with Gasteiger partial charge in [-0.3, -0.25) is 4.79 Å². The highest BCUT2D eigenvalue weighted by Crippen LogP contribution is 2.07. The van der Waals surface area contributed by atoms with Gasteiger partial charge in [-0.1, -0.05) is 6.92 Å². The summed E-state index contributed by atoms with van der Waals surface area (Å²) >= 11 is 0. The molecule has 0 spiro atoms. The van der Waals surface area contributed by atoms with E-state index in [0.717, 1.165) is 6.42 Å². The molecule has 0 aromatic heterocycles. The van der Waals surface area contributed by atoms with E-state index in [-0.39, 0.29) is 30.6 Å². The number of carbonyl (C=O) groups excluding carboxylic acids is 1. The molecule has 4 heteroatoms. The van der Waals surface area contributed by atoms with Crippen LogP contribution in [0, 0.1) is 5.92 Å². The van der Waals surface area contributed by atoms with Crippen molar-refractivity contribution in [1.29, 1.82) is 0 Å². The van der Waals surface area contributed by atoms with E-state index in [1.165, 1.54) is 7.11 Å². The summed E-state index contributed by atoms with van der Waals surface area (Å²) in [6.45, 7) is 5.84. The molecule has 4 nitrogen and oxygen atoms in total. The molecule has 0 amide bonds. The Labute approximate surface area is 85.6 Å². The van der Waals surface area contributed by atoms with Gasteiger partial charge in [0, 0.05) is 12.1 Å². The quantitative estimate of drug-likeness (QED) is 0.619. The number of methoxy groups -OCH3 is 1. The molecule has 0 radical (unpaired) electrons. The molecule has 0 fully saturated rings. The van der Waals surface area contributed by atoms with Gasteiger partial charge >= 0.3 is 5.97 Å². The first-order chi connectivity index (χ1) is 6.51. The monoisotopic (exact) mass is 203 g/mol. The molecule has 0 aromatic carbocycles. The average Bonchev–Trinajstić information content (AvgIpc) is 2.15. The number of esters is 1. The Balaban J connectivity index is 3.81. The van der Waals surface area contributed by atoms with Crippen LogP contribution in [0.5, 0.6) is 0 Å². The highest BCUT2D eigenvalue weighted by molar-refractivity contribution is 5.71. The minimum atomic E-state index is -0.185. The van der Waals surface area contributed by atoms with Gasteiger partial charge in [-0.15, -0.1) is 0 Å². The lowest BCUT2D eigenvalue weighted by molar-refractivity contribution is -0.145. The van der Waals surface area contributed by atoms with Gasteiger partial charge in [-0.2, -0.15) is 0 Å². The summed E-state index contributed by atoms with van der Waals surface area (Å²) in [5, 5.41) is 12.0. The largest absolute Gasteiger partial charge is 0.469 e. The number of hydrogen-bond acceptors (Lipinski definition) is 4. The molecule has 0 aliphatic heterocycles. The number of rotatable bonds is 6. The van der Waals surface area contributed by atoms with Gasteiger partial charge in [-0.25, -0.2) is 0 Å². The molecule has 14 heavy (non-hydrogen) atoms. The standard InChI is InChI=1S/C10H21NO3/c1-7(10(13)14-4)5-8(2)11-9(3)6-12/h7-9,11-12H,5-6H2,1-4H3. The summed E-state index contributed by atoms with van der Waals surface area (Å²) in [5.74, 6) is -0.288. The number of hydrogen-bond donors (Lipinski definition) is 2. The van der Waals surface area contributed by atoms with E-state index in [9.17, 15) is 4.79 Å². The third kappa shape index (κ3) is 5.19. The van der Waals surface area contributed by atoms with E-state index in [0.29, 0.717) is 0 Å². The van der Waals surface area contributed by atoms with Crippen LogP contribution in [0.3, 0.4) is 0 Å². The first-order valence-corrected chi connectivity index (χ1v) is 4.96. The molecule has 0 saturated carbocycles. The number of carbonyl (C=O) groups is 1. The number of aliphatic hydroxyl groups is 1. The zero-order valence-electron chi connectivity index (χ0n) is 9.41. The SMILES string of the molecule is COC(=O)C(C)CC(C)NC(C)CO. The molecule has 3 unspecified atom stereocenters. The van der Waals surface area contributed by atoms with Crippen LogP contribution in [0.15, 0.2) is 0 Å². The van der Waals surface area contributed by atoms with Crippen LogP contribution in [0.25, 0.3) is 0 Å². The normalized spacial score (nSPS) is 17.2. The second-order valence-electron chi connectivity index (χ2n) is 3.81. The van der Waals surface area contributed by atoms with Crippen LogP contribution in [0.1, 0.15) is 27.2 Å². The van der Waals surface area contributed by atoms with Gasteiger partial charge in [0.1, 0.15) is 0 Å². The lowest BCUT2D eigenvalue weighted by atomic mass is 10.0. The van der Waals surface area contributed by atoms with Crippen molar-refractivity contribution in [2.75, 3.05) is 13.7 Å². The van der Waals surface area contributed by atoms with E-state index >= 15 is 0 Å². The molecule has 3 atom stereocenters. The first-order valence-electron chi connectivity index (χ1n) is 4.96. The van der Waals surface area contributed by atoms with Gasteiger partial charge in [0.05, 0.1) is 19.6 Å². The van der Waals surface area contributed by atoms with E-state index in [1.54, 1.807) is 0 Å². The fourth-order valence-corrected chi connectivity index (χ4v) is 1.43. The minimum absolute atomic E-state index is 0.0647. The van der Waals surface area contributed by atoms with Crippen molar-refractivity contribution in [3.63, 3.8) is 0 Å². The summed E-state index contributed by atoms with van der Waals surface area (Å²) in [4.78, 5) is 11.1. The smallest absolute Gasteiger partial charge is 0.308 e. The van der Waals surface area contributed by atoms with Crippen LogP contribution in [-0.4, -0.2) is 36.9 Å². The Bertz CT molecular complexity index is 173. The van der Waals surface area contributed by atoms with Gasteiger partial charge in [0.15, 0.2) is 0 Å². The molecule has 0 aliphatic rings. The van der Waals surface area contributed by atoms with Crippen molar-refractivity contribution in [2.45, 2.75) is 39.3 Å². The lowest BCUT2D eigenvalue weighted by Crippen LogP contribution is -2.38. The fraction of sp³-hybridized carbons (Fsp3) is 0.900. The zero-order valence-corrected chi connectivity index (χ0v) is 9.41. The molecule has 84 valence electrons. The van der Waals surface area contributed by atoms with Crippen LogP contribution in [0.2, 0.25) is 0 Å². The lowest BCUT2D eigenvalue weighted by Gasteiger charge is -2.20. The third-order valence-electron chi connectivity index (χ3n) is 2.15. The first kappa shape index (κ1) is 13.4. The van der Waals surface area contributed by atoms with Crippen molar-refractivity contribution in [1.82, 2.24) is 5.32 Å². The number of aliphatic hydroxyl groups excluding tert-OH is 1. The average molecular weight is 203 g/mol. The molecule has 0 aromatic rings. The second-order valence-corrected chi connectivity index (χ2v) is 3.81. The maximum atomic E-state index is 11.1. The third-order valence-corrected chi connectivity index (χ3v) is 2.15. The van der Waals surface area contributed by atoms with Gasteiger partial charge in [-0.05, 0) is 20.3 Å². The molecular formula is C10H21NO3. The van der Waals surface area contributed by atoms with Crippen molar-refractivity contribution < 1.29 is 14.6 Å². The Morgan fingerprint density at radius 1 is 1.36 bits per heavy atom. The van der Waals surface area contributed by atoms with Crippen LogP contribution < -0.4 is 5.32 Å². The predicted molar refractivity (Wildman–Crippen MR) is 54.9 cm³/mol. The minimum Gasteiger partial charge on any atom is -0.469 e.